The topological polar surface area (TPSA) is 81.3 Å². The first-order valence-corrected chi connectivity index (χ1v) is 13.1. The van der Waals surface area contributed by atoms with Crippen LogP contribution in [-0.4, -0.2) is 94.7 Å². The van der Waals surface area contributed by atoms with Gasteiger partial charge in [-0.05, 0) is 76.5 Å². The summed E-state index contributed by atoms with van der Waals surface area (Å²) in [5.74, 6) is 1.60. The standard InChI is InChI=1S/C27H39N7O/c1-4-32(22-10-5-8-19-9-7-15-29-25(19)22)18-21-26(27(28)35)34-23(30-21)11-6-12-24(34)33-16-13-20(14-17-33)31(2)3/h6-7,9,11-12,15,20-22,26H,4-5,8,10,13-14,16-18H2,1-3H3,(H2,28,35)/t21?,22-,26?/m0/s1. The first kappa shape index (κ1) is 24.0. The third-order valence-electron chi connectivity index (χ3n) is 8.17. The zero-order valence-corrected chi connectivity index (χ0v) is 21.3. The highest BCUT2D eigenvalue weighted by Gasteiger charge is 2.44. The molecular weight excluding hydrogens is 438 g/mol. The smallest absolute Gasteiger partial charge is 0.242 e. The second-order valence-electron chi connectivity index (χ2n) is 10.4. The first-order valence-electron chi connectivity index (χ1n) is 13.1. The Morgan fingerprint density at radius 1 is 1.23 bits per heavy atom. The van der Waals surface area contributed by atoms with Gasteiger partial charge in [0.15, 0.2) is 0 Å². The zero-order valence-electron chi connectivity index (χ0n) is 21.3. The minimum atomic E-state index is -0.478. The number of carbonyl (C=O) groups excluding carboxylic acids is 1. The minimum Gasteiger partial charge on any atom is -0.368 e. The number of fused-ring (bicyclic) bond motifs is 2. The molecule has 5 rings (SSSR count). The zero-order chi connectivity index (χ0) is 24.5. The molecule has 2 N–H and O–H groups in total. The summed E-state index contributed by atoms with van der Waals surface area (Å²) in [5.41, 5.74) is 8.59. The normalized spacial score (nSPS) is 26.6. The molecule has 4 aliphatic rings. The summed E-state index contributed by atoms with van der Waals surface area (Å²) in [7, 11) is 4.31. The number of amidine groups is 1. The molecule has 1 amide bonds. The lowest BCUT2D eigenvalue weighted by molar-refractivity contribution is -0.122. The molecule has 1 fully saturated rings. The molecule has 8 heteroatoms. The molecule has 1 aromatic heterocycles. The Morgan fingerprint density at radius 3 is 2.74 bits per heavy atom. The Morgan fingerprint density at radius 2 is 2.03 bits per heavy atom. The molecule has 0 aromatic carbocycles. The maximum Gasteiger partial charge on any atom is 0.242 e. The van der Waals surface area contributed by atoms with E-state index in [0.717, 1.165) is 63.4 Å². The number of hydrogen-bond acceptors (Lipinski definition) is 7. The van der Waals surface area contributed by atoms with Gasteiger partial charge in [-0.25, -0.2) is 0 Å². The van der Waals surface area contributed by atoms with Gasteiger partial charge in [0.25, 0.3) is 0 Å². The van der Waals surface area contributed by atoms with Crippen molar-refractivity contribution < 1.29 is 4.79 Å². The second kappa shape index (κ2) is 10.1. The molecule has 4 heterocycles. The highest BCUT2D eigenvalue weighted by Crippen LogP contribution is 2.35. The molecule has 3 atom stereocenters. The lowest BCUT2D eigenvalue weighted by Crippen LogP contribution is -2.55. The van der Waals surface area contributed by atoms with Gasteiger partial charge in [0.05, 0.1) is 17.8 Å². The Kier molecular flexibility index (Phi) is 6.93. The van der Waals surface area contributed by atoms with Crippen LogP contribution in [0.3, 0.4) is 0 Å². The van der Waals surface area contributed by atoms with Crippen molar-refractivity contribution in [2.24, 2.45) is 10.7 Å². The number of piperidine rings is 1. The number of nitrogens with two attached hydrogens (primary N) is 1. The van der Waals surface area contributed by atoms with Gasteiger partial charge in [0, 0.05) is 31.9 Å². The van der Waals surface area contributed by atoms with Crippen LogP contribution in [0.15, 0.2) is 47.4 Å². The quantitative estimate of drug-likeness (QED) is 0.648. The van der Waals surface area contributed by atoms with E-state index in [4.69, 9.17) is 15.7 Å². The van der Waals surface area contributed by atoms with Crippen LogP contribution >= 0.6 is 0 Å². The molecule has 0 spiro atoms. The maximum absolute atomic E-state index is 12.9. The van der Waals surface area contributed by atoms with Gasteiger partial charge in [-0.2, -0.15) is 0 Å². The molecule has 0 saturated carbocycles. The van der Waals surface area contributed by atoms with Crippen molar-refractivity contribution in [1.82, 2.24) is 24.6 Å². The van der Waals surface area contributed by atoms with Crippen molar-refractivity contribution in [3.8, 4) is 0 Å². The van der Waals surface area contributed by atoms with Crippen LogP contribution in [0.25, 0.3) is 0 Å². The van der Waals surface area contributed by atoms with Crippen LogP contribution in [0.4, 0.5) is 0 Å². The van der Waals surface area contributed by atoms with Gasteiger partial charge < -0.3 is 15.5 Å². The highest BCUT2D eigenvalue weighted by molar-refractivity contribution is 6.01. The van der Waals surface area contributed by atoms with Crippen molar-refractivity contribution in [3.63, 3.8) is 0 Å². The van der Waals surface area contributed by atoms with Crippen LogP contribution in [-0.2, 0) is 11.2 Å². The predicted octanol–water partition coefficient (Wildman–Crippen LogP) is 2.15. The van der Waals surface area contributed by atoms with E-state index < -0.39 is 6.04 Å². The summed E-state index contributed by atoms with van der Waals surface area (Å²) < 4.78 is 0. The third-order valence-corrected chi connectivity index (χ3v) is 8.17. The van der Waals surface area contributed by atoms with Crippen LogP contribution in [0.5, 0.6) is 0 Å². The van der Waals surface area contributed by atoms with E-state index in [2.05, 4.69) is 58.8 Å². The summed E-state index contributed by atoms with van der Waals surface area (Å²) in [6.07, 6.45) is 13.6. The van der Waals surface area contributed by atoms with E-state index in [1.165, 1.54) is 11.3 Å². The minimum absolute atomic E-state index is 0.206. The van der Waals surface area contributed by atoms with Crippen molar-refractivity contribution in [2.45, 2.75) is 63.2 Å². The monoisotopic (exact) mass is 477 g/mol. The summed E-state index contributed by atoms with van der Waals surface area (Å²) in [6, 6.07) is 4.40. The van der Waals surface area contributed by atoms with E-state index >= 15 is 0 Å². The van der Waals surface area contributed by atoms with E-state index in [1.807, 2.05) is 18.3 Å². The first-order chi connectivity index (χ1) is 17.0. The number of pyridine rings is 1. The fourth-order valence-electron chi connectivity index (χ4n) is 6.29. The van der Waals surface area contributed by atoms with Crippen LogP contribution in [0, 0.1) is 0 Å². The van der Waals surface area contributed by atoms with Gasteiger partial charge in [0.1, 0.15) is 17.7 Å². The lowest BCUT2D eigenvalue weighted by Gasteiger charge is -2.43. The molecule has 0 radical (unpaired) electrons. The molecule has 2 unspecified atom stereocenters. The van der Waals surface area contributed by atoms with E-state index in [1.54, 1.807) is 0 Å². The number of likely N-dealkylation sites (N-methyl/N-ethyl adjacent to an activating group) is 1. The molecule has 1 aliphatic carbocycles. The summed E-state index contributed by atoms with van der Waals surface area (Å²) in [4.78, 5) is 32.0. The lowest BCUT2D eigenvalue weighted by atomic mass is 9.90. The molecule has 1 saturated heterocycles. The van der Waals surface area contributed by atoms with Gasteiger partial charge in [-0.15, -0.1) is 0 Å². The highest BCUT2D eigenvalue weighted by atomic mass is 16.1. The number of nitrogens with zero attached hydrogens (tertiary/aromatic N) is 6. The summed E-state index contributed by atoms with van der Waals surface area (Å²) in [6.45, 7) is 5.69. The third kappa shape index (κ3) is 4.61. The number of carbonyl (C=O) groups is 1. The second-order valence-corrected chi connectivity index (χ2v) is 10.4. The number of hydrogen-bond donors (Lipinski definition) is 1. The molecule has 0 bridgehead atoms. The maximum atomic E-state index is 12.9. The van der Waals surface area contributed by atoms with Gasteiger partial charge in [0.2, 0.25) is 5.91 Å². The Labute approximate surface area is 209 Å². The number of likely N-dealkylation sites (tertiary alicyclic amines) is 1. The fraction of sp³-hybridized carbons (Fsp3) is 0.593. The molecule has 3 aliphatic heterocycles. The summed E-state index contributed by atoms with van der Waals surface area (Å²) in [5, 5.41) is 0. The number of amides is 1. The number of aryl methyl sites for hydroxylation is 1. The molecule has 188 valence electrons. The molecule has 1 aromatic rings. The van der Waals surface area contributed by atoms with Gasteiger partial charge >= 0.3 is 0 Å². The fourth-order valence-corrected chi connectivity index (χ4v) is 6.29. The molecule has 8 nitrogen and oxygen atoms in total. The average Bonchev–Trinajstić information content (AvgIpc) is 3.25. The summed E-state index contributed by atoms with van der Waals surface area (Å²) >= 11 is 0. The van der Waals surface area contributed by atoms with Crippen LogP contribution < -0.4 is 5.73 Å². The molecule has 35 heavy (non-hydrogen) atoms. The number of aliphatic imine (C=N–C) groups is 1. The van der Waals surface area contributed by atoms with Gasteiger partial charge in [-0.3, -0.25) is 24.6 Å². The Hall–Kier alpha value is -2.71. The predicted molar refractivity (Wildman–Crippen MR) is 139 cm³/mol. The number of rotatable bonds is 7. The van der Waals surface area contributed by atoms with Crippen LogP contribution in [0.2, 0.25) is 0 Å². The van der Waals surface area contributed by atoms with Crippen molar-refractivity contribution in [3.05, 3.63) is 53.6 Å². The van der Waals surface area contributed by atoms with Gasteiger partial charge in [-0.1, -0.05) is 19.1 Å². The Balaban J connectivity index is 1.36. The van der Waals surface area contributed by atoms with Crippen molar-refractivity contribution >= 4 is 11.7 Å². The van der Waals surface area contributed by atoms with E-state index in [9.17, 15) is 4.79 Å². The number of aromatic nitrogens is 1. The number of allylic oxidation sites excluding steroid dienone is 2. The van der Waals surface area contributed by atoms with Crippen molar-refractivity contribution in [1.29, 1.82) is 0 Å². The van der Waals surface area contributed by atoms with Crippen molar-refractivity contribution in [2.75, 3.05) is 40.3 Å². The van der Waals surface area contributed by atoms with E-state index in [-0.39, 0.29) is 18.0 Å². The largest absolute Gasteiger partial charge is 0.368 e. The number of primary amides is 1. The average molecular weight is 478 g/mol. The van der Waals surface area contributed by atoms with E-state index in [0.29, 0.717) is 12.6 Å². The molecular formula is C27H39N7O. The Bertz CT molecular complexity index is 1020. The SMILES string of the molecule is CCN(CC1N=C2C=CC=C(N3CCC(N(C)C)CC3)N2C1C(N)=O)[C@H]1CCCc2cccnc21. The van der Waals surface area contributed by atoms with Crippen LogP contribution in [0.1, 0.15) is 49.9 Å².